The van der Waals surface area contributed by atoms with Gasteiger partial charge in [0, 0.05) is 17.7 Å². The Labute approximate surface area is 146 Å². The van der Waals surface area contributed by atoms with E-state index in [-0.39, 0.29) is 17.9 Å². The molecule has 7 heteroatoms. The lowest BCUT2D eigenvalue weighted by atomic mass is 10.2. The number of sulfone groups is 1. The molecule has 5 nitrogen and oxygen atoms in total. The Morgan fingerprint density at radius 3 is 2.64 bits per heavy atom. The van der Waals surface area contributed by atoms with Crippen LogP contribution in [0.15, 0.2) is 48.5 Å². The topological polar surface area (TPSA) is 72.5 Å². The Hall–Kier alpha value is -2.41. The van der Waals surface area contributed by atoms with E-state index in [2.05, 4.69) is 5.32 Å². The molecule has 25 heavy (non-hydrogen) atoms. The monoisotopic (exact) mass is 365 g/mol. The zero-order chi connectivity index (χ0) is 18.3. The zero-order valence-corrected chi connectivity index (χ0v) is 14.7. The third kappa shape index (κ3) is 6.19. The Morgan fingerprint density at radius 2 is 1.92 bits per heavy atom. The number of rotatable bonds is 8. The normalized spacial score (nSPS) is 11.1. The number of carbonyl (C=O) groups excluding carboxylic acids is 1. The molecule has 134 valence electrons. The van der Waals surface area contributed by atoms with E-state index < -0.39 is 21.6 Å². The molecule has 1 N–H and O–H groups in total. The third-order valence-corrected chi connectivity index (χ3v) is 4.97. The summed E-state index contributed by atoms with van der Waals surface area (Å²) < 4.78 is 43.0. The van der Waals surface area contributed by atoms with Crippen molar-refractivity contribution in [1.82, 2.24) is 0 Å². The average Bonchev–Trinajstić information content (AvgIpc) is 2.55. The van der Waals surface area contributed by atoms with Gasteiger partial charge in [-0.1, -0.05) is 24.3 Å². The van der Waals surface area contributed by atoms with Crippen molar-refractivity contribution in [3.63, 3.8) is 0 Å². The van der Waals surface area contributed by atoms with Crippen LogP contribution < -0.4 is 10.1 Å². The molecule has 0 saturated carbocycles. The minimum absolute atomic E-state index is 0.198. The van der Waals surface area contributed by atoms with E-state index in [9.17, 15) is 17.6 Å². The lowest BCUT2D eigenvalue weighted by Gasteiger charge is -2.10. The number of hydrogen-bond acceptors (Lipinski definition) is 4. The van der Waals surface area contributed by atoms with Crippen molar-refractivity contribution in [2.45, 2.75) is 19.1 Å². The van der Waals surface area contributed by atoms with Crippen LogP contribution in [0.1, 0.15) is 18.9 Å². The van der Waals surface area contributed by atoms with Crippen LogP contribution in [0.2, 0.25) is 0 Å². The fourth-order valence-corrected chi connectivity index (χ4v) is 3.62. The van der Waals surface area contributed by atoms with Crippen molar-refractivity contribution in [2.75, 3.05) is 17.7 Å². The Morgan fingerprint density at radius 1 is 1.16 bits per heavy atom. The quantitative estimate of drug-likeness (QED) is 0.780. The van der Waals surface area contributed by atoms with Crippen LogP contribution in [0, 0.1) is 5.82 Å². The predicted octanol–water partition coefficient (Wildman–Crippen LogP) is 3.17. The number of para-hydroxylation sites is 1. The number of halogens is 1. The standard InChI is InChI=1S/C18H20FNO4S/c1-2-24-17-9-4-3-6-14(17)13-25(22,23)11-10-18(21)20-16-8-5-7-15(19)12-16/h3-9,12H,2,10-11,13H2,1H3,(H,20,21). The molecule has 0 spiro atoms. The fourth-order valence-electron chi connectivity index (χ4n) is 2.27. The van der Waals surface area contributed by atoms with Crippen LogP contribution in [-0.2, 0) is 20.4 Å². The molecule has 1 amide bonds. The van der Waals surface area contributed by atoms with E-state index in [0.29, 0.717) is 23.6 Å². The van der Waals surface area contributed by atoms with Crippen molar-refractivity contribution in [2.24, 2.45) is 0 Å². The van der Waals surface area contributed by atoms with E-state index in [1.807, 2.05) is 6.92 Å². The molecule has 0 bridgehead atoms. The zero-order valence-electron chi connectivity index (χ0n) is 13.9. The number of hydrogen-bond donors (Lipinski definition) is 1. The van der Waals surface area contributed by atoms with E-state index in [0.717, 1.165) is 0 Å². The molecular weight excluding hydrogens is 345 g/mol. The predicted molar refractivity (Wildman–Crippen MR) is 94.7 cm³/mol. The van der Waals surface area contributed by atoms with Gasteiger partial charge in [-0.25, -0.2) is 12.8 Å². The van der Waals surface area contributed by atoms with Gasteiger partial charge < -0.3 is 10.1 Å². The molecule has 2 aromatic carbocycles. The van der Waals surface area contributed by atoms with Crippen LogP contribution in [-0.4, -0.2) is 26.7 Å². The number of amides is 1. The summed E-state index contributed by atoms with van der Waals surface area (Å²) in [6.07, 6.45) is -0.199. The second-order valence-electron chi connectivity index (χ2n) is 5.44. The van der Waals surface area contributed by atoms with Crippen molar-refractivity contribution in [3.8, 4) is 5.75 Å². The number of anilines is 1. The van der Waals surface area contributed by atoms with E-state index in [1.54, 1.807) is 24.3 Å². The molecule has 2 aromatic rings. The van der Waals surface area contributed by atoms with Crippen LogP contribution in [0.25, 0.3) is 0 Å². The van der Waals surface area contributed by atoms with Crippen molar-refractivity contribution >= 4 is 21.4 Å². The summed E-state index contributed by atoms with van der Waals surface area (Å²) in [6.45, 7) is 2.26. The first kappa shape index (κ1) is 18.9. The minimum atomic E-state index is -3.49. The highest BCUT2D eigenvalue weighted by atomic mass is 32.2. The highest BCUT2D eigenvalue weighted by Gasteiger charge is 2.17. The van der Waals surface area contributed by atoms with Crippen molar-refractivity contribution < 1.29 is 22.3 Å². The van der Waals surface area contributed by atoms with Gasteiger partial charge >= 0.3 is 0 Å². The lowest BCUT2D eigenvalue weighted by molar-refractivity contribution is -0.115. The van der Waals surface area contributed by atoms with E-state index in [4.69, 9.17) is 4.74 Å². The number of carbonyl (C=O) groups is 1. The van der Waals surface area contributed by atoms with Gasteiger partial charge in [0.1, 0.15) is 11.6 Å². The summed E-state index contributed by atoms with van der Waals surface area (Å²) >= 11 is 0. The molecule has 0 atom stereocenters. The largest absolute Gasteiger partial charge is 0.494 e. The van der Waals surface area contributed by atoms with Crippen LogP contribution in [0.5, 0.6) is 5.75 Å². The van der Waals surface area contributed by atoms with Gasteiger partial charge in [-0.05, 0) is 31.2 Å². The summed E-state index contributed by atoms with van der Waals surface area (Å²) in [7, 11) is -3.49. The molecule has 0 aliphatic heterocycles. The van der Waals surface area contributed by atoms with E-state index in [1.165, 1.54) is 24.3 Å². The van der Waals surface area contributed by atoms with Crippen molar-refractivity contribution in [1.29, 1.82) is 0 Å². The highest BCUT2D eigenvalue weighted by Crippen LogP contribution is 2.21. The van der Waals surface area contributed by atoms with Crippen LogP contribution in [0.3, 0.4) is 0 Å². The van der Waals surface area contributed by atoms with E-state index >= 15 is 0 Å². The van der Waals surface area contributed by atoms with Crippen LogP contribution in [0.4, 0.5) is 10.1 Å². The van der Waals surface area contributed by atoms with Gasteiger partial charge in [-0.2, -0.15) is 0 Å². The maximum absolute atomic E-state index is 13.1. The highest BCUT2D eigenvalue weighted by molar-refractivity contribution is 7.90. The molecule has 0 aromatic heterocycles. The lowest BCUT2D eigenvalue weighted by Crippen LogP contribution is -2.18. The maximum atomic E-state index is 13.1. The first-order valence-corrected chi connectivity index (χ1v) is 9.68. The van der Waals surface area contributed by atoms with Gasteiger partial charge in [0.05, 0.1) is 18.1 Å². The first-order valence-electron chi connectivity index (χ1n) is 7.86. The van der Waals surface area contributed by atoms with Gasteiger partial charge in [0.2, 0.25) is 5.91 Å². The second-order valence-corrected chi connectivity index (χ2v) is 7.63. The molecule has 2 rings (SSSR count). The van der Waals surface area contributed by atoms with Gasteiger partial charge in [0.15, 0.2) is 9.84 Å². The minimum Gasteiger partial charge on any atom is -0.494 e. The summed E-state index contributed by atoms with van der Waals surface area (Å²) in [4.78, 5) is 11.9. The molecular formula is C18H20FNO4S. The molecule has 0 fully saturated rings. The average molecular weight is 365 g/mol. The molecule has 0 saturated heterocycles. The maximum Gasteiger partial charge on any atom is 0.225 e. The second kappa shape index (κ2) is 8.62. The molecule has 0 heterocycles. The van der Waals surface area contributed by atoms with Crippen LogP contribution >= 0.6 is 0 Å². The van der Waals surface area contributed by atoms with Gasteiger partial charge in [-0.3, -0.25) is 4.79 Å². The Bertz CT molecular complexity index is 836. The summed E-state index contributed by atoms with van der Waals surface area (Å²) in [5.74, 6) is -0.923. The number of nitrogens with one attached hydrogen (secondary N) is 1. The van der Waals surface area contributed by atoms with Gasteiger partial charge in [0.25, 0.3) is 0 Å². The fraction of sp³-hybridized carbons (Fsp3) is 0.278. The summed E-state index contributed by atoms with van der Waals surface area (Å²) in [5.41, 5.74) is 0.860. The summed E-state index contributed by atoms with van der Waals surface area (Å²) in [5, 5.41) is 2.48. The number of ether oxygens (including phenoxy) is 1. The summed E-state index contributed by atoms with van der Waals surface area (Å²) in [6, 6.07) is 12.3. The SMILES string of the molecule is CCOc1ccccc1CS(=O)(=O)CCC(=O)Nc1cccc(F)c1. The molecule has 0 unspecified atom stereocenters. The Kier molecular flexibility index (Phi) is 6.52. The van der Waals surface area contributed by atoms with Crippen molar-refractivity contribution in [3.05, 3.63) is 59.9 Å². The first-order chi connectivity index (χ1) is 11.9. The number of benzene rings is 2. The molecule has 0 radical (unpaired) electrons. The smallest absolute Gasteiger partial charge is 0.225 e. The molecule has 0 aliphatic carbocycles. The van der Waals surface area contributed by atoms with Gasteiger partial charge in [-0.15, -0.1) is 0 Å². The Balaban J connectivity index is 1.94. The third-order valence-electron chi connectivity index (χ3n) is 3.40. The molecule has 0 aliphatic rings.